The van der Waals surface area contributed by atoms with Crippen molar-refractivity contribution in [2.24, 2.45) is 0 Å². The molecule has 3 rings (SSSR count). The van der Waals surface area contributed by atoms with Gasteiger partial charge >= 0.3 is 0 Å². The summed E-state index contributed by atoms with van der Waals surface area (Å²) in [5.41, 5.74) is 4.52. The monoisotopic (exact) mass is 432 g/mol. The van der Waals surface area contributed by atoms with Crippen LogP contribution in [0.25, 0.3) is 0 Å². The molecule has 2 aromatic rings. The highest BCUT2D eigenvalue weighted by Crippen LogP contribution is 2.33. The second-order valence-electron chi connectivity index (χ2n) is 6.83. The number of ether oxygens (including phenoxy) is 2. The predicted molar refractivity (Wildman–Crippen MR) is 111 cm³/mol. The Kier molecular flexibility index (Phi) is 5.95. The summed E-state index contributed by atoms with van der Waals surface area (Å²) in [7, 11) is 5.22. The summed E-state index contributed by atoms with van der Waals surface area (Å²) in [5, 5.41) is 0. The molecule has 1 aliphatic rings. The Morgan fingerprint density at radius 2 is 1.81 bits per heavy atom. The third-order valence-corrected chi connectivity index (χ3v) is 5.92. The minimum atomic E-state index is 0.124. The highest BCUT2D eigenvalue weighted by molar-refractivity contribution is 9.10. The zero-order valence-electron chi connectivity index (χ0n) is 16.2. The molecule has 0 bridgehead atoms. The van der Waals surface area contributed by atoms with Crippen LogP contribution >= 0.6 is 15.9 Å². The van der Waals surface area contributed by atoms with Crippen LogP contribution in [0.3, 0.4) is 0 Å². The summed E-state index contributed by atoms with van der Waals surface area (Å²) in [5.74, 6) is 1.56. The highest BCUT2D eigenvalue weighted by Gasteiger charge is 2.23. The first kappa shape index (κ1) is 19.5. The van der Waals surface area contributed by atoms with Gasteiger partial charge in [-0.25, -0.2) is 0 Å². The summed E-state index contributed by atoms with van der Waals surface area (Å²) in [4.78, 5) is 16.7. The first-order chi connectivity index (χ1) is 12.9. The number of carbonyl (C=O) groups excluding carboxylic acids is 1. The van der Waals surface area contributed by atoms with Gasteiger partial charge in [0.15, 0.2) is 11.5 Å². The number of likely N-dealkylation sites (N-methyl/N-ethyl adjacent to an activating group) is 1. The van der Waals surface area contributed by atoms with Crippen molar-refractivity contribution >= 4 is 27.5 Å². The van der Waals surface area contributed by atoms with Gasteiger partial charge in [-0.05, 0) is 60.4 Å². The second-order valence-corrected chi connectivity index (χ2v) is 7.69. The summed E-state index contributed by atoms with van der Waals surface area (Å²) >= 11 is 3.52. The van der Waals surface area contributed by atoms with Gasteiger partial charge in [-0.1, -0.05) is 15.9 Å². The summed E-state index contributed by atoms with van der Waals surface area (Å²) in [6, 6.07) is 10.1. The molecule has 6 heteroatoms. The van der Waals surface area contributed by atoms with E-state index >= 15 is 0 Å². The smallest absolute Gasteiger partial charge is 0.242 e. The minimum Gasteiger partial charge on any atom is -0.493 e. The summed E-state index contributed by atoms with van der Waals surface area (Å²) < 4.78 is 11.9. The van der Waals surface area contributed by atoms with Crippen molar-refractivity contribution in [3.05, 3.63) is 51.5 Å². The number of nitrogens with zero attached hydrogens (tertiary/aromatic N) is 2. The number of anilines is 1. The largest absolute Gasteiger partial charge is 0.493 e. The second kappa shape index (κ2) is 8.21. The minimum absolute atomic E-state index is 0.124. The Bertz CT molecular complexity index is 854. The first-order valence-corrected chi connectivity index (χ1v) is 9.71. The number of rotatable bonds is 5. The lowest BCUT2D eigenvalue weighted by atomic mass is 9.98. The number of hydrogen-bond donors (Lipinski definition) is 0. The number of halogens is 1. The van der Waals surface area contributed by atoms with Crippen LogP contribution in [0.15, 0.2) is 34.8 Å². The van der Waals surface area contributed by atoms with Crippen LogP contribution in [0.4, 0.5) is 5.69 Å². The number of aryl methyl sites for hydroxylation is 1. The van der Waals surface area contributed by atoms with E-state index in [0.29, 0.717) is 25.4 Å². The van der Waals surface area contributed by atoms with Gasteiger partial charge in [-0.3, -0.25) is 4.79 Å². The van der Waals surface area contributed by atoms with E-state index < -0.39 is 0 Å². The zero-order valence-corrected chi connectivity index (χ0v) is 17.8. The van der Waals surface area contributed by atoms with Gasteiger partial charge in [-0.2, -0.15) is 0 Å². The molecule has 0 saturated carbocycles. The van der Waals surface area contributed by atoms with Gasteiger partial charge in [0.1, 0.15) is 0 Å². The zero-order chi connectivity index (χ0) is 19.6. The van der Waals surface area contributed by atoms with E-state index in [2.05, 4.69) is 22.0 Å². The van der Waals surface area contributed by atoms with Crippen LogP contribution in [-0.2, 0) is 17.8 Å². The van der Waals surface area contributed by atoms with E-state index in [1.807, 2.05) is 48.0 Å². The van der Waals surface area contributed by atoms with Gasteiger partial charge < -0.3 is 19.3 Å². The lowest BCUT2D eigenvalue weighted by molar-refractivity contribution is -0.130. The third-order valence-electron chi connectivity index (χ3n) is 5.03. The van der Waals surface area contributed by atoms with Crippen LogP contribution < -0.4 is 14.4 Å². The molecule has 0 radical (unpaired) electrons. The number of fused-ring (bicyclic) bond motifs is 1. The van der Waals surface area contributed by atoms with Crippen molar-refractivity contribution < 1.29 is 14.3 Å². The maximum absolute atomic E-state index is 12.8. The average molecular weight is 433 g/mol. The van der Waals surface area contributed by atoms with Crippen molar-refractivity contribution in [2.75, 3.05) is 39.3 Å². The molecule has 0 spiro atoms. The Morgan fingerprint density at radius 1 is 1.15 bits per heavy atom. The van der Waals surface area contributed by atoms with Crippen LogP contribution in [0.2, 0.25) is 0 Å². The van der Waals surface area contributed by atoms with Crippen molar-refractivity contribution in [3.8, 4) is 11.5 Å². The molecule has 1 aliphatic heterocycles. The molecular weight excluding hydrogens is 408 g/mol. The van der Waals surface area contributed by atoms with Crippen LogP contribution in [0.5, 0.6) is 11.5 Å². The molecular formula is C21H25BrN2O3. The van der Waals surface area contributed by atoms with Gasteiger partial charge in [0, 0.05) is 30.3 Å². The van der Waals surface area contributed by atoms with Gasteiger partial charge in [0.25, 0.3) is 0 Å². The van der Waals surface area contributed by atoms with Crippen LogP contribution in [-0.4, -0.2) is 45.2 Å². The summed E-state index contributed by atoms with van der Waals surface area (Å²) in [6.07, 6.45) is 0.822. The first-order valence-electron chi connectivity index (χ1n) is 8.91. The SMILES string of the molecule is COc1cc2c(cc1OC)CN(C(=O)CN(C)c1ccc(Br)c(C)c1)CC2. The Morgan fingerprint density at radius 3 is 2.44 bits per heavy atom. The lowest BCUT2D eigenvalue weighted by Gasteiger charge is -2.31. The van der Waals surface area contributed by atoms with E-state index in [1.165, 1.54) is 5.56 Å². The van der Waals surface area contributed by atoms with E-state index in [9.17, 15) is 4.79 Å². The third kappa shape index (κ3) is 4.21. The van der Waals surface area contributed by atoms with Gasteiger partial charge in [0.05, 0.1) is 20.8 Å². The molecule has 2 aromatic carbocycles. The Labute approximate surface area is 169 Å². The molecule has 0 aliphatic carbocycles. The molecule has 1 amide bonds. The molecule has 0 unspecified atom stereocenters. The number of hydrogen-bond acceptors (Lipinski definition) is 4. The van der Waals surface area contributed by atoms with Crippen molar-refractivity contribution in [3.63, 3.8) is 0 Å². The average Bonchev–Trinajstić information content (AvgIpc) is 2.68. The van der Waals surface area contributed by atoms with E-state index in [1.54, 1.807) is 14.2 Å². The maximum Gasteiger partial charge on any atom is 0.242 e. The fourth-order valence-corrected chi connectivity index (χ4v) is 3.60. The number of amides is 1. The Balaban J connectivity index is 1.70. The number of carbonyl (C=O) groups is 1. The standard InChI is InChI=1S/C21H25BrN2O3/c1-14-9-17(5-6-18(14)22)23(2)13-21(25)24-8-7-15-10-19(26-3)20(27-4)11-16(15)12-24/h5-6,9-11H,7-8,12-13H2,1-4H3. The normalized spacial score (nSPS) is 13.1. The molecule has 144 valence electrons. The molecule has 0 N–H and O–H groups in total. The molecule has 5 nitrogen and oxygen atoms in total. The molecule has 0 fully saturated rings. The molecule has 0 aromatic heterocycles. The van der Waals surface area contributed by atoms with Crippen LogP contribution in [0, 0.1) is 6.92 Å². The van der Waals surface area contributed by atoms with E-state index in [4.69, 9.17) is 9.47 Å². The molecule has 27 heavy (non-hydrogen) atoms. The van der Waals surface area contributed by atoms with Crippen molar-refractivity contribution in [1.29, 1.82) is 0 Å². The van der Waals surface area contributed by atoms with E-state index in [0.717, 1.165) is 33.5 Å². The highest BCUT2D eigenvalue weighted by atomic mass is 79.9. The lowest BCUT2D eigenvalue weighted by Crippen LogP contribution is -2.41. The van der Waals surface area contributed by atoms with E-state index in [-0.39, 0.29) is 5.91 Å². The number of methoxy groups -OCH3 is 2. The van der Waals surface area contributed by atoms with Crippen LogP contribution in [0.1, 0.15) is 16.7 Å². The van der Waals surface area contributed by atoms with Crippen molar-refractivity contribution in [1.82, 2.24) is 4.90 Å². The maximum atomic E-state index is 12.8. The fourth-order valence-electron chi connectivity index (χ4n) is 3.36. The molecule has 1 heterocycles. The topological polar surface area (TPSA) is 42.0 Å². The molecule has 0 saturated heterocycles. The summed E-state index contributed by atoms with van der Waals surface area (Å²) in [6.45, 7) is 3.71. The molecule has 0 atom stereocenters. The number of benzene rings is 2. The Hall–Kier alpha value is -2.21. The predicted octanol–water partition coefficient (Wildman–Crippen LogP) is 3.80. The fraction of sp³-hybridized carbons (Fsp3) is 0.381. The van der Waals surface area contributed by atoms with Gasteiger partial charge in [0.2, 0.25) is 5.91 Å². The quantitative estimate of drug-likeness (QED) is 0.720. The van der Waals surface area contributed by atoms with Gasteiger partial charge in [-0.15, -0.1) is 0 Å². The van der Waals surface area contributed by atoms with Crippen molar-refractivity contribution in [2.45, 2.75) is 19.9 Å².